The Kier molecular flexibility index (Phi) is 3.26. The predicted molar refractivity (Wildman–Crippen MR) is 65.0 cm³/mol. The zero-order valence-electron chi connectivity index (χ0n) is 9.71. The molecule has 0 saturated carbocycles. The first-order valence-corrected chi connectivity index (χ1v) is 5.63. The second-order valence-electron chi connectivity index (χ2n) is 4.45. The second kappa shape index (κ2) is 4.68. The molecular weight excluding hydrogens is 218 g/mol. The summed E-state index contributed by atoms with van der Waals surface area (Å²) in [6.07, 6.45) is 5.35. The lowest BCUT2D eigenvalue weighted by molar-refractivity contribution is 0.422. The molecule has 0 aliphatic heterocycles. The number of hydrogen-bond acceptors (Lipinski definition) is 0. The molecule has 17 heavy (non-hydrogen) atoms. The monoisotopic (exact) mass is 232 g/mol. The highest BCUT2D eigenvalue weighted by Crippen LogP contribution is 2.38. The van der Waals surface area contributed by atoms with E-state index < -0.39 is 6.08 Å². The van der Waals surface area contributed by atoms with Crippen LogP contribution in [0, 0.1) is 6.92 Å². The lowest BCUT2D eigenvalue weighted by Crippen LogP contribution is -2.19. The first-order chi connectivity index (χ1) is 8.12. The van der Waals surface area contributed by atoms with Crippen molar-refractivity contribution < 1.29 is 8.78 Å². The Labute approximate surface area is 100.0 Å². The Morgan fingerprint density at radius 3 is 2.59 bits per heavy atom. The molecule has 1 aliphatic rings. The van der Waals surface area contributed by atoms with Crippen LogP contribution in [0.4, 0.5) is 8.78 Å². The standard InChI is InChI=1S/C15H14F2/c1-12-5-4-6-13(11-12)15(8-2-3-9-15)10-7-14(16)17/h2-6,10-11H,8-9H2,1H3. The summed E-state index contributed by atoms with van der Waals surface area (Å²) >= 11 is 0. The summed E-state index contributed by atoms with van der Waals surface area (Å²) in [6, 6.07) is 8.03. The van der Waals surface area contributed by atoms with Crippen molar-refractivity contribution in [3.8, 4) is 0 Å². The van der Waals surface area contributed by atoms with E-state index >= 15 is 0 Å². The number of aryl methyl sites for hydroxylation is 1. The molecule has 0 N–H and O–H groups in total. The SMILES string of the molecule is Cc1cccc(C2(C=C=C(F)F)CC=CC2)c1. The van der Waals surface area contributed by atoms with Gasteiger partial charge in [0.1, 0.15) is 0 Å². The van der Waals surface area contributed by atoms with E-state index in [1.54, 1.807) is 0 Å². The van der Waals surface area contributed by atoms with Gasteiger partial charge in [-0.2, -0.15) is 8.78 Å². The van der Waals surface area contributed by atoms with Crippen LogP contribution in [0.5, 0.6) is 0 Å². The van der Waals surface area contributed by atoms with Crippen LogP contribution in [-0.2, 0) is 5.41 Å². The van der Waals surface area contributed by atoms with Crippen molar-refractivity contribution in [1.29, 1.82) is 0 Å². The molecule has 88 valence electrons. The van der Waals surface area contributed by atoms with Crippen LogP contribution < -0.4 is 0 Å². The van der Waals surface area contributed by atoms with Gasteiger partial charge in [0.15, 0.2) is 0 Å². The van der Waals surface area contributed by atoms with Crippen LogP contribution >= 0.6 is 0 Å². The molecule has 0 amide bonds. The average Bonchev–Trinajstić information content (AvgIpc) is 2.76. The number of hydrogen-bond donors (Lipinski definition) is 0. The minimum atomic E-state index is -1.76. The Hall–Kier alpha value is -1.66. The van der Waals surface area contributed by atoms with Crippen molar-refractivity contribution >= 4 is 0 Å². The third-order valence-electron chi connectivity index (χ3n) is 3.18. The van der Waals surface area contributed by atoms with Crippen molar-refractivity contribution in [2.24, 2.45) is 0 Å². The molecule has 0 bridgehead atoms. The van der Waals surface area contributed by atoms with Crippen molar-refractivity contribution in [3.05, 3.63) is 65.4 Å². The van der Waals surface area contributed by atoms with E-state index in [1.165, 1.54) is 6.08 Å². The van der Waals surface area contributed by atoms with Gasteiger partial charge in [0.25, 0.3) is 0 Å². The highest BCUT2D eigenvalue weighted by atomic mass is 19.3. The lowest BCUT2D eigenvalue weighted by atomic mass is 9.78. The minimum absolute atomic E-state index is 0.338. The molecule has 1 aliphatic carbocycles. The molecular formula is C15H14F2. The van der Waals surface area contributed by atoms with Crippen LogP contribution in [0.25, 0.3) is 0 Å². The van der Waals surface area contributed by atoms with E-state index in [2.05, 4.69) is 11.8 Å². The molecule has 0 fully saturated rings. The zero-order chi connectivity index (χ0) is 12.3. The lowest BCUT2D eigenvalue weighted by Gasteiger charge is -2.25. The largest absolute Gasteiger partial charge is 0.312 e. The maximum atomic E-state index is 12.2. The Bertz CT molecular complexity index is 493. The van der Waals surface area contributed by atoms with Gasteiger partial charge in [-0.05, 0) is 31.4 Å². The third kappa shape index (κ3) is 2.54. The van der Waals surface area contributed by atoms with Gasteiger partial charge in [-0.1, -0.05) is 47.7 Å². The number of rotatable bonds is 2. The maximum absolute atomic E-state index is 12.2. The first-order valence-electron chi connectivity index (χ1n) is 5.63. The predicted octanol–water partition coefficient (Wildman–Crippen LogP) is 4.52. The molecule has 1 aromatic carbocycles. The highest BCUT2D eigenvalue weighted by Gasteiger charge is 2.30. The molecule has 0 heterocycles. The smallest absolute Gasteiger partial charge is 0.164 e. The number of halogens is 2. The summed E-state index contributed by atoms with van der Waals surface area (Å²) in [4.78, 5) is 0. The maximum Gasteiger partial charge on any atom is 0.312 e. The minimum Gasteiger partial charge on any atom is -0.164 e. The van der Waals surface area contributed by atoms with Gasteiger partial charge in [0.2, 0.25) is 0 Å². The summed E-state index contributed by atoms with van der Waals surface area (Å²) in [5, 5.41) is 0. The van der Waals surface area contributed by atoms with Crippen LogP contribution in [0.2, 0.25) is 0 Å². The Balaban J connectivity index is 2.46. The van der Waals surface area contributed by atoms with E-state index in [-0.39, 0.29) is 5.41 Å². The average molecular weight is 232 g/mol. The second-order valence-corrected chi connectivity index (χ2v) is 4.45. The first kappa shape index (κ1) is 11.8. The van der Waals surface area contributed by atoms with Gasteiger partial charge in [0.05, 0.1) is 0 Å². The summed E-state index contributed by atoms with van der Waals surface area (Å²) in [5.74, 6) is 0. The van der Waals surface area contributed by atoms with Crippen molar-refractivity contribution in [2.45, 2.75) is 25.2 Å². The molecule has 2 heteroatoms. The Morgan fingerprint density at radius 1 is 1.29 bits per heavy atom. The summed E-state index contributed by atoms with van der Waals surface area (Å²) in [6.45, 7) is 2.01. The highest BCUT2D eigenvalue weighted by molar-refractivity contribution is 5.37. The molecule has 0 aromatic heterocycles. The van der Waals surface area contributed by atoms with Crippen LogP contribution in [0.3, 0.4) is 0 Å². The summed E-state index contributed by atoms with van der Waals surface area (Å²) in [5.41, 5.74) is 3.95. The van der Waals surface area contributed by atoms with Gasteiger partial charge >= 0.3 is 6.08 Å². The van der Waals surface area contributed by atoms with Crippen molar-refractivity contribution in [1.82, 2.24) is 0 Å². The van der Waals surface area contributed by atoms with Crippen molar-refractivity contribution in [2.75, 3.05) is 0 Å². The van der Waals surface area contributed by atoms with Gasteiger partial charge in [-0.25, -0.2) is 0 Å². The fourth-order valence-electron chi connectivity index (χ4n) is 2.25. The van der Waals surface area contributed by atoms with E-state index in [0.29, 0.717) is 0 Å². The Morgan fingerprint density at radius 2 is 2.00 bits per heavy atom. The fourth-order valence-corrected chi connectivity index (χ4v) is 2.25. The molecule has 0 nitrogen and oxygen atoms in total. The molecule has 2 rings (SSSR count). The molecule has 0 saturated heterocycles. The molecule has 0 unspecified atom stereocenters. The van der Waals surface area contributed by atoms with Gasteiger partial charge in [-0.3, -0.25) is 0 Å². The van der Waals surface area contributed by atoms with E-state index in [0.717, 1.165) is 24.0 Å². The van der Waals surface area contributed by atoms with Crippen LogP contribution in [-0.4, -0.2) is 0 Å². The van der Waals surface area contributed by atoms with E-state index in [1.807, 2.05) is 37.3 Å². The molecule has 1 aromatic rings. The summed E-state index contributed by atoms with van der Waals surface area (Å²) in [7, 11) is 0. The van der Waals surface area contributed by atoms with Gasteiger partial charge < -0.3 is 0 Å². The molecule has 0 radical (unpaired) electrons. The van der Waals surface area contributed by atoms with Gasteiger partial charge in [-0.15, -0.1) is 0 Å². The van der Waals surface area contributed by atoms with E-state index in [4.69, 9.17) is 0 Å². The van der Waals surface area contributed by atoms with Crippen LogP contribution in [0.1, 0.15) is 24.0 Å². The summed E-state index contributed by atoms with van der Waals surface area (Å²) < 4.78 is 24.4. The van der Waals surface area contributed by atoms with Crippen molar-refractivity contribution in [3.63, 3.8) is 0 Å². The van der Waals surface area contributed by atoms with Gasteiger partial charge in [0, 0.05) is 5.41 Å². The fraction of sp³-hybridized carbons (Fsp3) is 0.267. The topological polar surface area (TPSA) is 0 Å². The number of benzene rings is 1. The number of allylic oxidation sites excluding steroid dienone is 3. The normalized spacial score (nSPS) is 16.6. The molecule has 0 atom stereocenters. The van der Waals surface area contributed by atoms with E-state index in [9.17, 15) is 8.78 Å². The van der Waals surface area contributed by atoms with Crippen LogP contribution in [0.15, 0.2) is 54.3 Å². The third-order valence-corrected chi connectivity index (χ3v) is 3.18. The zero-order valence-corrected chi connectivity index (χ0v) is 9.71. The quantitative estimate of drug-likeness (QED) is 0.519. The molecule has 0 spiro atoms.